The van der Waals surface area contributed by atoms with Crippen LogP contribution in [-0.2, 0) is 0 Å². The van der Waals surface area contributed by atoms with E-state index in [-0.39, 0.29) is 0 Å². The van der Waals surface area contributed by atoms with E-state index in [0.717, 1.165) is 22.4 Å². The first-order chi connectivity index (χ1) is 10.2. The van der Waals surface area contributed by atoms with E-state index < -0.39 is 0 Å². The fraction of sp³-hybridized carbons (Fsp3) is 0.167. The third-order valence-electron chi connectivity index (χ3n) is 3.56. The number of nitrogens with zero attached hydrogens (tertiary/aromatic N) is 1. The first-order valence-corrected chi connectivity index (χ1v) is 6.80. The molecule has 2 aromatic carbocycles. The zero-order chi connectivity index (χ0) is 14.8. The molecule has 21 heavy (non-hydrogen) atoms. The second-order valence-electron chi connectivity index (χ2n) is 4.99. The smallest absolute Gasteiger partial charge is 0.161 e. The van der Waals surface area contributed by atoms with E-state index in [2.05, 4.69) is 36.2 Å². The molecule has 0 bridgehead atoms. The summed E-state index contributed by atoms with van der Waals surface area (Å²) in [4.78, 5) is 4.54. The molecule has 0 N–H and O–H groups in total. The fourth-order valence-electron chi connectivity index (χ4n) is 2.41. The minimum absolute atomic E-state index is 0.709. The van der Waals surface area contributed by atoms with Crippen molar-refractivity contribution >= 4 is 10.8 Å². The van der Waals surface area contributed by atoms with Gasteiger partial charge in [-0.05, 0) is 36.6 Å². The molecule has 0 saturated carbocycles. The number of rotatable bonds is 3. The van der Waals surface area contributed by atoms with Crippen LogP contribution in [0.2, 0.25) is 0 Å². The number of fused-ring (bicyclic) bond motifs is 1. The van der Waals surface area contributed by atoms with E-state index in [0.29, 0.717) is 5.75 Å². The normalized spacial score (nSPS) is 10.6. The molecule has 0 unspecified atom stereocenters. The van der Waals surface area contributed by atoms with Gasteiger partial charge >= 0.3 is 0 Å². The highest BCUT2D eigenvalue weighted by molar-refractivity contribution is 5.86. The van der Waals surface area contributed by atoms with E-state index in [4.69, 9.17) is 9.47 Å². The van der Waals surface area contributed by atoms with Gasteiger partial charge in [-0.25, -0.2) is 0 Å². The van der Waals surface area contributed by atoms with Gasteiger partial charge in [-0.2, -0.15) is 0 Å². The van der Waals surface area contributed by atoms with Gasteiger partial charge in [0.1, 0.15) is 0 Å². The predicted octanol–water partition coefficient (Wildman–Crippen LogP) is 4.23. The number of pyridine rings is 1. The summed E-state index contributed by atoms with van der Waals surface area (Å²) in [5, 5.41) is 2.33. The van der Waals surface area contributed by atoms with Crippen LogP contribution in [0.15, 0.2) is 48.7 Å². The lowest BCUT2D eigenvalue weighted by molar-refractivity contribution is 0.355. The number of methoxy groups -OCH3 is 2. The molecule has 0 spiro atoms. The Balaban J connectivity index is 2.11. The molecule has 1 aromatic heterocycles. The number of ether oxygens (including phenoxy) is 2. The maximum absolute atomic E-state index is 5.35. The number of hydrogen-bond acceptors (Lipinski definition) is 3. The molecule has 0 saturated heterocycles. The lowest BCUT2D eigenvalue weighted by Gasteiger charge is -2.10. The van der Waals surface area contributed by atoms with Crippen LogP contribution >= 0.6 is 0 Å². The molecular formula is C18H17NO2. The van der Waals surface area contributed by atoms with Crippen molar-refractivity contribution in [3.05, 3.63) is 54.2 Å². The van der Waals surface area contributed by atoms with E-state index in [1.54, 1.807) is 14.2 Å². The minimum Gasteiger partial charge on any atom is -0.493 e. The zero-order valence-corrected chi connectivity index (χ0v) is 12.4. The Bertz CT molecular complexity index is 796. The average Bonchev–Trinajstić information content (AvgIpc) is 2.53. The van der Waals surface area contributed by atoms with Crippen molar-refractivity contribution in [2.45, 2.75) is 6.92 Å². The van der Waals surface area contributed by atoms with Gasteiger partial charge in [-0.3, -0.25) is 4.98 Å². The monoisotopic (exact) mass is 279 g/mol. The van der Waals surface area contributed by atoms with Crippen LogP contribution in [-0.4, -0.2) is 19.2 Å². The van der Waals surface area contributed by atoms with Crippen molar-refractivity contribution in [2.24, 2.45) is 0 Å². The zero-order valence-electron chi connectivity index (χ0n) is 12.4. The molecule has 3 rings (SSSR count). The van der Waals surface area contributed by atoms with Gasteiger partial charge in [0.25, 0.3) is 0 Å². The summed E-state index contributed by atoms with van der Waals surface area (Å²) >= 11 is 0. The Morgan fingerprint density at radius 3 is 2.38 bits per heavy atom. The van der Waals surface area contributed by atoms with Crippen LogP contribution in [0.25, 0.3) is 22.0 Å². The highest BCUT2D eigenvalue weighted by atomic mass is 16.5. The number of aryl methyl sites for hydroxylation is 1. The maximum Gasteiger partial charge on any atom is 0.161 e. The number of benzene rings is 2. The van der Waals surface area contributed by atoms with Crippen molar-refractivity contribution in [1.29, 1.82) is 0 Å². The standard InChI is InChI=1S/C18H17NO2/c1-12-4-5-14-11-19-16(9-15(14)8-12)13-6-7-17(20-2)18(10-13)21-3/h4-11H,1-3H3. The summed E-state index contributed by atoms with van der Waals surface area (Å²) in [6, 6.07) is 14.3. The Kier molecular flexibility index (Phi) is 3.48. The molecule has 0 amide bonds. The molecule has 0 fully saturated rings. The molecule has 106 valence electrons. The van der Waals surface area contributed by atoms with Gasteiger partial charge in [0.05, 0.1) is 19.9 Å². The van der Waals surface area contributed by atoms with Gasteiger partial charge < -0.3 is 9.47 Å². The van der Waals surface area contributed by atoms with Crippen molar-refractivity contribution in [1.82, 2.24) is 4.98 Å². The summed E-state index contributed by atoms with van der Waals surface area (Å²) in [6.45, 7) is 2.09. The highest BCUT2D eigenvalue weighted by Crippen LogP contribution is 2.32. The topological polar surface area (TPSA) is 31.4 Å². The van der Waals surface area contributed by atoms with E-state index in [1.807, 2.05) is 24.4 Å². The summed E-state index contributed by atoms with van der Waals surface area (Å²) in [7, 11) is 3.27. The molecular weight excluding hydrogens is 262 g/mol. The molecule has 3 heteroatoms. The van der Waals surface area contributed by atoms with Gasteiger partial charge in [0.15, 0.2) is 11.5 Å². The average molecular weight is 279 g/mol. The number of hydrogen-bond donors (Lipinski definition) is 0. The van der Waals surface area contributed by atoms with Crippen LogP contribution in [0.5, 0.6) is 11.5 Å². The quantitative estimate of drug-likeness (QED) is 0.719. The van der Waals surface area contributed by atoms with Crippen molar-refractivity contribution in [3.8, 4) is 22.8 Å². The van der Waals surface area contributed by atoms with Gasteiger partial charge in [-0.1, -0.05) is 23.8 Å². The first kappa shape index (κ1) is 13.4. The summed E-state index contributed by atoms with van der Waals surface area (Å²) in [5.41, 5.74) is 3.18. The molecule has 3 nitrogen and oxygen atoms in total. The summed E-state index contributed by atoms with van der Waals surface area (Å²) in [6.07, 6.45) is 1.90. The van der Waals surface area contributed by atoms with Crippen LogP contribution in [0.1, 0.15) is 5.56 Å². The largest absolute Gasteiger partial charge is 0.493 e. The van der Waals surface area contributed by atoms with Gasteiger partial charge in [0, 0.05) is 17.1 Å². The molecule has 0 radical (unpaired) electrons. The summed E-state index contributed by atoms with van der Waals surface area (Å²) < 4.78 is 10.6. The van der Waals surface area contributed by atoms with E-state index in [9.17, 15) is 0 Å². The Hall–Kier alpha value is -2.55. The van der Waals surface area contributed by atoms with Gasteiger partial charge in [0.2, 0.25) is 0 Å². The van der Waals surface area contributed by atoms with Crippen LogP contribution < -0.4 is 9.47 Å². The minimum atomic E-state index is 0.709. The van der Waals surface area contributed by atoms with E-state index in [1.165, 1.54) is 10.9 Å². The number of aromatic nitrogens is 1. The van der Waals surface area contributed by atoms with Crippen molar-refractivity contribution in [2.75, 3.05) is 14.2 Å². The van der Waals surface area contributed by atoms with Crippen LogP contribution in [0.4, 0.5) is 0 Å². The van der Waals surface area contributed by atoms with Crippen LogP contribution in [0, 0.1) is 6.92 Å². The maximum atomic E-state index is 5.35. The molecule has 1 heterocycles. The third kappa shape index (κ3) is 2.55. The second-order valence-corrected chi connectivity index (χ2v) is 4.99. The SMILES string of the molecule is COc1ccc(-c2cc3cc(C)ccc3cn2)cc1OC. The molecule has 3 aromatic rings. The molecule has 0 aliphatic carbocycles. The van der Waals surface area contributed by atoms with Crippen molar-refractivity contribution < 1.29 is 9.47 Å². The van der Waals surface area contributed by atoms with Crippen molar-refractivity contribution in [3.63, 3.8) is 0 Å². The highest BCUT2D eigenvalue weighted by Gasteiger charge is 2.07. The molecule has 0 aliphatic heterocycles. The first-order valence-electron chi connectivity index (χ1n) is 6.80. The van der Waals surface area contributed by atoms with E-state index >= 15 is 0 Å². The molecule has 0 aliphatic rings. The fourth-order valence-corrected chi connectivity index (χ4v) is 2.41. The molecule has 0 atom stereocenters. The Morgan fingerprint density at radius 1 is 0.810 bits per heavy atom. The predicted molar refractivity (Wildman–Crippen MR) is 85.0 cm³/mol. The second kappa shape index (κ2) is 5.44. The Morgan fingerprint density at radius 2 is 1.62 bits per heavy atom. The Labute approximate surface area is 124 Å². The summed E-state index contributed by atoms with van der Waals surface area (Å²) in [5.74, 6) is 1.43. The lowest BCUT2D eigenvalue weighted by atomic mass is 10.1. The lowest BCUT2D eigenvalue weighted by Crippen LogP contribution is -1.91. The third-order valence-corrected chi connectivity index (χ3v) is 3.56. The van der Waals surface area contributed by atoms with Gasteiger partial charge in [-0.15, -0.1) is 0 Å². The van der Waals surface area contributed by atoms with Crippen LogP contribution in [0.3, 0.4) is 0 Å².